The summed E-state index contributed by atoms with van der Waals surface area (Å²) in [6, 6.07) is -0.138. The molecule has 2 rings (SSSR count). The Morgan fingerprint density at radius 1 is 1.69 bits per heavy atom. The van der Waals surface area contributed by atoms with Crippen molar-refractivity contribution in [1.82, 2.24) is 5.32 Å². The lowest BCUT2D eigenvalue weighted by Crippen LogP contribution is -2.55. The van der Waals surface area contributed by atoms with E-state index in [4.69, 9.17) is 9.47 Å². The van der Waals surface area contributed by atoms with Crippen molar-refractivity contribution in [3.8, 4) is 0 Å². The fourth-order valence-corrected chi connectivity index (χ4v) is 2.06. The van der Waals surface area contributed by atoms with Crippen molar-refractivity contribution in [2.24, 2.45) is 5.41 Å². The van der Waals surface area contributed by atoms with Crippen LogP contribution in [0.25, 0.3) is 0 Å². The summed E-state index contributed by atoms with van der Waals surface area (Å²) in [6.45, 7) is 4.57. The smallest absolute Gasteiger partial charge is 0.323 e. The van der Waals surface area contributed by atoms with Crippen LogP contribution in [0.3, 0.4) is 0 Å². The molecule has 0 aromatic rings. The number of rotatable bonds is 2. The Balaban J connectivity index is 2.01. The third-order valence-corrected chi connectivity index (χ3v) is 2.89. The van der Waals surface area contributed by atoms with Gasteiger partial charge in [-0.3, -0.25) is 4.79 Å². The van der Waals surface area contributed by atoms with E-state index in [0.29, 0.717) is 19.8 Å². The fraction of sp³-hybridized carbons (Fsp3) is 0.889. The lowest BCUT2D eigenvalue weighted by molar-refractivity contribution is -0.164. The second-order valence-electron chi connectivity index (χ2n) is 3.74. The second kappa shape index (κ2) is 3.27. The van der Waals surface area contributed by atoms with Gasteiger partial charge in [0.15, 0.2) is 0 Å². The molecule has 0 aliphatic carbocycles. The molecule has 1 atom stereocenters. The zero-order chi connectivity index (χ0) is 9.31. The molecule has 1 unspecified atom stereocenters. The number of ether oxygens (including phenoxy) is 2. The molecule has 0 aromatic carbocycles. The lowest BCUT2D eigenvalue weighted by Gasteiger charge is -2.41. The van der Waals surface area contributed by atoms with Gasteiger partial charge in [-0.05, 0) is 19.9 Å². The number of carbonyl (C=O) groups excluding carboxylic acids is 1. The standard InChI is InChI=1S/C9H15NO3/c1-2-13-8(11)7-9(3-4-10-7)5-12-6-9/h7,10H,2-6H2,1H3. The van der Waals surface area contributed by atoms with Gasteiger partial charge in [-0.2, -0.15) is 0 Å². The van der Waals surface area contributed by atoms with Crippen molar-refractivity contribution >= 4 is 5.97 Å². The molecule has 4 nitrogen and oxygen atoms in total. The Labute approximate surface area is 77.6 Å². The van der Waals surface area contributed by atoms with E-state index in [9.17, 15) is 4.79 Å². The normalized spacial score (nSPS) is 30.1. The van der Waals surface area contributed by atoms with E-state index in [2.05, 4.69) is 5.32 Å². The topological polar surface area (TPSA) is 47.6 Å². The van der Waals surface area contributed by atoms with Gasteiger partial charge in [0.1, 0.15) is 6.04 Å². The van der Waals surface area contributed by atoms with Gasteiger partial charge in [-0.1, -0.05) is 0 Å². The predicted molar refractivity (Wildman–Crippen MR) is 46.3 cm³/mol. The van der Waals surface area contributed by atoms with Crippen molar-refractivity contribution in [1.29, 1.82) is 0 Å². The number of esters is 1. The lowest BCUT2D eigenvalue weighted by atomic mass is 9.78. The van der Waals surface area contributed by atoms with E-state index in [1.165, 1.54) is 0 Å². The quantitative estimate of drug-likeness (QED) is 0.612. The Morgan fingerprint density at radius 2 is 2.46 bits per heavy atom. The maximum atomic E-state index is 11.5. The summed E-state index contributed by atoms with van der Waals surface area (Å²) in [5.41, 5.74) is 0.0479. The second-order valence-corrected chi connectivity index (χ2v) is 3.74. The average Bonchev–Trinajstić information content (AvgIpc) is 2.46. The molecular weight excluding hydrogens is 170 g/mol. The minimum absolute atomic E-state index is 0.0479. The van der Waals surface area contributed by atoms with Crippen molar-refractivity contribution in [3.05, 3.63) is 0 Å². The molecule has 1 spiro atoms. The molecule has 13 heavy (non-hydrogen) atoms. The van der Waals surface area contributed by atoms with Gasteiger partial charge in [0, 0.05) is 5.41 Å². The van der Waals surface area contributed by atoms with Crippen LogP contribution >= 0.6 is 0 Å². The zero-order valence-corrected chi connectivity index (χ0v) is 7.84. The van der Waals surface area contributed by atoms with E-state index in [1.54, 1.807) is 0 Å². The van der Waals surface area contributed by atoms with Gasteiger partial charge in [0.2, 0.25) is 0 Å². The van der Waals surface area contributed by atoms with Crippen LogP contribution in [-0.4, -0.2) is 38.4 Å². The number of carbonyl (C=O) groups is 1. The summed E-state index contributed by atoms with van der Waals surface area (Å²) >= 11 is 0. The molecule has 0 radical (unpaired) electrons. The number of nitrogens with one attached hydrogen (secondary N) is 1. The van der Waals surface area contributed by atoms with Crippen LogP contribution in [0.2, 0.25) is 0 Å². The first-order chi connectivity index (χ1) is 6.28. The fourth-order valence-electron chi connectivity index (χ4n) is 2.06. The van der Waals surface area contributed by atoms with Crippen LogP contribution in [0.15, 0.2) is 0 Å². The Kier molecular flexibility index (Phi) is 2.26. The highest BCUT2D eigenvalue weighted by atomic mass is 16.5. The van der Waals surface area contributed by atoms with Crippen molar-refractivity contribution in [3.63, 3.8) is 0 Å². The summed E-state index contributed by atoms with van der Waals surface area (Å²) < 4.78 is 10.2. The minimum atomic E-state index is -0.138. The average molecular weight is 185 g/mol. The molecule has 1 N–H and O–H groups in total. The largest absolute Gasteiger partial charge is 0.465 e. The van der Waals surface area contributed by atoms with Gasteiger partial charge in [-0.25, -0.2) is 0 Å². The van der Waals surface area contributed by atoms with E-state index in [-0.39, 0.29) is 17.4 Å². The summed E-state index contributed by atoms with van der Waals surface area (Å²) in [5.74, 6) is -0.122. The molecule has 2 heterocycles. The van der Waals surface area contributed by atoms with Gasteiger partial charge < -0.3 is 14.8 Å². The molecule has 2 saturated heterocycles. The molecule has 0 bridgehead atoms. The van der Waals surface area contributed by atoms with E-state index in [1.807, 2.05) is 6.92 Å². The minimum Gasteiger partial charge on any atom is -0.465 e. The third kappa shape index (κ3) is 1.34. The Morgan fingerprint density at radius 3 is 3.00 bits per heavy atom. The predicted octanol–water partition coefficient (Wildman–Crippen LogP) is -0.0720. The molecule has 0 saturated carbocycles. The summed E-state index contributed by atoms with van der Waals surface area (Å²) in [7, 11) is 0. The van der Waals surface area contributed by atoms with Crippen LogP contribution in [-0.2, 0) is 14.3 Å². The summed E-state index contributed by atoms with van der Waals surface area (Å²) in [6.07, 6.45) is 1.02. The van der Waals surface area contributed by atoms with Crippen molar-refractivity contribution < 1.29 is 14.3 Å². The zero-order valence-electron chi connectivity index (χ0n) is 7.84. The monoisotopic (exact) mass is 185 g/mol. The Hall–Kier alpha value is -0.610. The summed E-state index contributed by atoms with van der Waals surface area (Å²) in [4.78, 5) is 11.5. The molecule has 74 valence electrons. The van der Waals surface area contributed by atoms with Gasteiger partial charge in [0.05, 0.1) is 19.8 Å². The maximum Gasteiger partial charge on any atom is 0.323 e. The first kappa shape index (κ1) is 8.97. The van der Waals surface area contributed by atoms with E-state index >= 15 is 0 Å². The van der Waals surface area contributed by atoms with Gasteiger partial charge >= 0.3 is 5.97 Å². The highest BCUT2D eigenvalue weighted by Crippen LogP contribution is 2.39. The van der Waals surface area contributed by atoms with Crippen LogP contribution in [0.4, 0.5) is 0 Å². The van der Waals surface area contributed by atoms with Crippen LogP contribution < -0.4 is 5.32 Å². The first-order valence-electron chi connectivity index (χ1n) is 4.76. The Bertz CT molecular complexity index is 213. The molecule has 2 fully saturated rings. The molecule has 2 aliphatic heterocycles. The summed E-state index contributed by atoms with van der Waals surface area (Å²) in [5, 5.41) is 3.18. The van der Waals surface area contributed by atoms with Crippen LogP contribution in [0, 0.1) is 5.41 Å². The molecule has 0 aromatic heterocycles. The molecule has 2 aliphatic rings. The maximum absolute atomic E-state index is 11.5. The van der Waals surface area contributed by atoms with Crippen molar-refractivity contribution in [2.75, 3.05) is 26.4 Å². The van der Waals surface area contributed by atoms with Crippen molar-refractivity contribution in [2.45, 2.75) is 19.4 Å². The van der Waals surface area contributed by atoms with Gasteiger partial charge in [-0.15, -0.1) is 0 Å². The van der Waals surface area contributed by atoms with Crippen LogP contribution in [0.5, 0.6) is 0 Å². The number of hydrogen-bond acceptors (Lipinski definition) is 4. The third-order valence-electron chi connectivity index (χ3n) is 2.89. The van der Waals surface area contributed by atoms with E-state index < -0.39 is 0 Å². The first-order valence-corrected chi connectivity index (χ1v) is 4.76. The van der Waals surface area contributed by atoms with E-state index in [0.717, 1.165) is 13.0 Å². The molecule has 4 heteroatoms. The molecule has 0 amide bonds. The highest BCUT2D eigenvalue weighted by Gasteiger charge is 2.52. The SMILES string of the molecule is CCOC(=O)C1NCCC12COC2. The number of hydrogen-bond donors (Lipinski definition) is 1. The molecular formula is C9H15NO3. The highest BCUT2D eigenvalue weighted by molar-refractivity contribution is 5.77. The van der Waals surface area contributed by atoms with Gasteiger partial charge in [0.25, 0.3) is 0 Å². The van der Waals surface area contributed by atoms with Crippen LogP contribution in [0.1, 0.15) is 13.3 Å².